The average molecular weight is 417 g/mol. The van der Waals surface area contributed by atoms with E-state index in [9.17, 15) is 20.2 Å². The zero-order chi connectivity index (χ0) is 19.3. The first-order valence-corrected chi connectivity index (χ1v) is 8.03. The molecular formula is C18H13BrN2O5. The van der Waals surface area contributed by atoms with E-state index in [1.807, 2.05) is 6.07 Å². The molecule has 0 radical (unpaired) electrons. The van der Waals surface area contributed by atoms with Gasteiger partial charge >= 0.3 is 0 Å². The molecule has 0 aromatic heterocycles. The van der Waals surface area contributed by atoms with Crippen LogP contribution in [0.3, 0.4) is 0 Å². The molecule has 26 heavy (non-hydrogen) atoms. The van der Waals surface area contributed by atoms with E-state index < -0.39 is 10.7 Å². The van der Waals surface area contributed by atoms with E-state index in [4.69, 9.17) is 9.47 Å². The standard InChI is InChI=1S/C18H13BrN2O5/c1-25-16-8-11(7-15(19)18(16)26-2)6-13(10-20)17(22)12-4-3-5-14(9-12)21(23)24/h3-9H,1-2H3/b13-6+. The number of nitrogens with zero attached hydrogens (tertiary/aromatic N) is 2. The van der Waals surface area contributed by atoms with Gasteiger partial charge in [-0.05, 0) is 39.7 Å². The minimum Gasteiger partial charge on any atom is -0.493 e. The quantitative estimate of drug-likeness (QED) is 0.230. The summed E-state index contributed by atoms with van der Waals surface area (Å²) in [6.07, 6.45) is 1.38. The molecule has 0 bridgehead atoms. The van der Waals surface area contributed by atoms with Crippen molar-refractivity contribution in [1.29, 1.82) is 5.26 Å². The maximum atomic E-state index is 12.5. The number of carbonyl (C=O) groups is 1. The Morgan fingerprint density at radius 2 is 2.00 bits per heavy atom. The summed E-state index contributed by atoms with van der Waals surface area (Å²) in [5, 5.41) is 20.2. The molecule has 8 heteroatoms. The third kappa shape index (κ3) is 4.07. The third-order valence-electron chi connectivity index (χ3n) is 3.45. The predicted octanol–water partition coefficient (Wildman–Crippen LogP) is 4.16. The smallest absolute Gasteiger partial charge is 0.270 e. The molecule has 2 aromatic carbocycles. The summed E-state index contributed by atoms with van der Waals surface area (Å²) >= 11 is 3.34. The number of nitro benzene ring substituents is 1. The molecule has 0 N–H and O–H groups in total. The molecule has 2 aromatic rings. The summed E-state index contributed by atoms with van der Waals surface area (Å²) in [6.45, 7) is 0. The van der Waals surface area contributed by atoms with Crippen LogP contribution in [0.15, 0.2) is 46.4 Å². The molecule has 0 aliphatic rings. The lowest BCUT2D eigenvalue weighted by Gasteiger charge is -2.10. The number of ketones is 1. The SMILES string of the molecule is COc1cc(/C=C(\C#N)C(=O)c2cccc([N+](=O)[O-])c2)cc(Br)c1OC. The first-order valence-electron chi connectivity index (χ1n) is 7.23. The highest BCUT2D eigenvalue weighted by molar-refractivity contribution is 9.10. The maximum absolute atomic E-state index is 12.5. The fourth-order valence-corrected chi connectivity index (χ4v) is 2.87. The first-order chi connectivity index (χ1) is 12.4. The van der Waals surface area contributed by atoms with Gasteiger partial charge in [-0.3, -0.25) is 14.9 Å². The number of benzene rings is 2. The number of methoxy groups -OCH3 is 2. The highest BCUT2D eigenvalue weighted by atomic mass is 79.9. The molecule has 0 fully saturated rings. The number of Topliss-reactive ketones (excluding diaryl/α,β-unsaturated/α-hetero) is 1. The Kier molecular flexibility index (Phi) is 6.09. The molecule has 0 atom stereocenters. The van der Waals surface area contributed by atoms with E-state index in [0.29, 0.717) is 21.5 Å². The lowest BCUT2D eigenvalue weighted by molar-refractivity contribution is -0.384. The Balaban J connectivity index is 2.47. The van der Waals surface area contributed by atoms with E-state index >= 15 is 0 Å². The second kappa shape index (κ2) is 8.27. The zero-order valence-corrected chi connectivity index (χ0v) is 15.4. The van der Waals surface area contributed by atoms with E-state index in [2.05, 4.69) is 15.9 Å². The molecule has 0 heterocycles. The van der Waals surface area contributed by atoms with Gasteiger partial charge in [0.2, 0.25) is 5.78 Å². The van der Waals surface area contributed by atoms with Crippen molar-refractivity contribution in [2.24, 2.45) is 0 Å². The Morgan fingerprint density at radius 1 is 1.27 bits per heavy atom. The fraction of sp³-hybridized carbons (Fsp3) is 0.111. The van der Waals surface area contributed by atoms with Gasteiger partial charge in [0.05, 0.1) is 23.6 Å². The summed E-state index contributed by atoms with van der Waals surface area (Å²) in [7, 11) is 2.96. The molecule has 0 aliphatic carbocycles. The number of carbonyl (C=O) groups excluding carboxylic acids is 1. The molecule has 0 unspecified atom stereocenters. The number of nitro groups is 1. The highest BCUT2D eigenvalue weighted by Gasteiger charge is 2.17. The molecule has 2 rings (SSSR count). The van der Waals surface area contributed by atoms with Gasteiger partial charge in [-0.2, -0.15) is 5.26 Å². The summed E-state index contributed by atoms with van der Waals surface area (Å²) in [6, 6.07) is 10.3. The van der Waals surface area contributed by atoms with Gasteiger partial charge in [0, 0.05) is 17.7 Å². The molecule has 132 valence electrons. The summed E-state index contributed by atoms with van der Waals surface area (Å²) < 4.78 is 11.0. The van der Waals surface area contributed by atoms with Crippen molar-refractivity contribution in [3.8, 4) is 17.6 Å². The topological polar surface area (TPSA) is 102 Å². The van der Waals surface area contributed by atoms with E-state index in [1.165, 1.54) is 38.5 Å². The number of hydrogen-bond donors (Lipinski definition) is 0. The highest BCUT2D eigenvalue weighted by Crippen LogP contribution is 2.37. The second-order valence-electron chi connectivity index (χ2n) is 5.04. The van der Waals surface area contributed by atoms with Gasteiger partial charge in [-0.15, -0.1) is 0 Å². The Hall–Kier alpha value is -3.18. The molecule has 0 spiro atoms. The van der Waals surface area contributed by atoms with Crippen LogP contribution in [-0.4, -0.2) is 24.9 Å². The van der Waals surface area contributed by atoms with Gasteiger partial charge < -0.3 is 9.47 Å². The van der Waals surface area contributed by atoms with Crippen LogP contribution in [0.2, 0.25) is 0 Å². The Labute approximate surface area is 157 Å². The largest absolute Gasteiger partial charge is 0.493 e. The lowest BCUT2D eigenvalue weighted by atomic mass is 10.0. The number of ether oxygens (including phenoxy) is 2. The lowest BCUT2D eigenvalue weighted by Crippen LogP contribution is -2.03. The van der Waals surface area contributed by atoms with E-state index in [-0.39, 0.29) is 16.8 Å². The summed E-state index contributed by atoms with van der Waals surface area (Å²) in [5.41, 5.74) is 0.211. The zero-order valence-electron chi connectivity index (χ0n) is 13.9. The number of allylic oxidation sites excluding steroid dienone is 1. The average Bonchev–Trinajstić information content (AvgIpc) is 2.65. The van der Waals surface area contributed by atoms with Crippen LogP contribution in [0.1, 0.15) is 15.9 Å². The third-order valence-corrected chi connectivity index (χ3v) is 4.04. The van der Waals surface area contributed by atoms with Crippen LogP contribution in [0.25, 0.3) is 6.08 Å². The molecule has 0 amide bonds. The van der Waals surface area contributed by atoms with Crippen LogP contribution < -0.4 is 9.47 Å². The molecule has 0 saturated carbocycles. The van der Waals surface area contributed by atoms with Crippen molar-refractivity contribution < 1.29 is 19.2 Å². The number of non-ortho nitro benzene ring substituents is 1. The molecule has 0 saturated heterocycles. The van der Waals surface area contributed by atoms with Crippen molar-refractivity contribution in [2.45, 2.75) is 0 Å². The first kappa shape index (κ1) is 19.1. The van der Waals surface area contributed by atoms with Gasteiger partial charge in [-0.25, -0.2) is 0 Å². The van der Waals surface area contributed by atoms with Crippen LogP contribution in [-0.2, 0) is 0 Å². The summed E-state index contributed by atoms with van der Waals surface area (Å²) in [4.78, 5) is 22.8. The van der Waals surface area contributed by atoms with Crippen molar-refractivity contribution in [2.75, 3.05) is 14.2 Å². The van der Waals surface area contributed by atoms with Gasteiger partial charge in [0.1, 0.15) is 11.6 Å². The van der Waals surface area contributed by atoms with Crippen molar-refractivity contribution in [3.63, 3.8) is 0 Å². The molecule has 0 aliphatic heterocycles. The van der Waals surface area contributed by atoms with Gasteiger partial charge in [-0.1, -0.05) is 12.1 Å². The minimum absolute atomic E-state index is 0.0616. The second-order valence-corrected chi connectivity index (χ2v) is 5.90. The Morgan fingerprint density at radius 3 is 2.58 bits per heavy atom. The van der Waals surface area contributed by atoms with Gasteiger partial charge in [0.15, 0.2) is 11.5 Å². The number of rotatable bonds is 6. The Bertz CT molecular complexity index is 947. The number of hydrogen-bond acceptors (Lipinski definition) is 6. The van der Waals surface area contributed by atoms with Crippen molar-refractivity contribution in [3.05, 3.63) is 67.7 Å². The van der Waals surface area contributed by atoms with E-state index in [0.717, 1.165) is 6.07 Å². The molecular weight excluding hydrogens is 404 g/mol. The maximum Gasteiger partial charge on any atom is 0.270 e. The van der Waals surface area contributed by atoms with Crippen molar-refractivity contribution >= 4 is 33.5 Å². The number of halogens is 1. The molecule has 7 nitrogen and oxygen atoms in total. The monoisotopic (exact) mass is 416 g/mol. The van der Waals surface area contributed by atoms with Crippen LogP contribution in [0.5, 0.6) is 11.5 Å². The fourth-order valence-electron chi connectivity index (χ4n) is 2.25. The van der Waals surface area contributed by atoms with Crippen LogP contribution in [0.4, 0.5) is 5.69 Å². The normalized spacial score (nSPS) is 10.8. The van der Waals surface area contributed by atoms with Crippen LogP contribution >= 0.6 is 15.9 Å². The van der Waals surface area contributed by atoms with Gasteiger partial charge in [0.25, 0.3) is 5.69 Å². The predicted molar refractivity (Wildman–Crippen MR) is 98.3 cm³/mol. The number of nitriles is 1. The minimum atomic E-state index is -0.609. The van der Waals surface area contributed by atoms with E-state index in [1.54, 1.807) is 12.1 Å². The van der Waals surface area contributed by atoms with Crippen LogP contribution in [0, 0.1) is 21.4 Å². The summed E-state index contributed by atoms with van der Waals surface area (Å²) in [5.74, 6) is 0.295. The van der Waals surface area contributed by atoms with Crippen molar-refractivity contribution in [1.82, 2.24) is 0 Å².